The van der Waals surface area contributed by atoms with Crippen LogP contribution in [0.4, 0.5) is 0 Å². The van der Waals surface area contributed by atoms with Crippen molar-refractivity contribution in [3.8, 4) is 0 Å². The van der Waals surface area contributed by atoms with Gasteiger partial charge in [-0.3, -0.25) is 4.98 Å². The van der Waals surface area contributed by atoms with Crippen LogP contribution in [0.5, 0.6) is 0 Å². The van der Waals surface area contributed by atoms with E-state index in [-0.39, 0.29) is 0 Å². The number of allylic oxidation sites excluding steroid dienone is 1. The van der Waals surface area contributed by atoms with E-state index in [0.717, 1.165) is 37.2 Å². The summed E-state index contributed by atoms with van der Waals surface area (Å²) in [5.41, 5.74) is 3.55. The SMILES string of the molecule is C=CCCC(NCCC)c1ccc(C)nc1C. The molecule has 0 amide bonds. The van der Waals surface area contributed by atoms with Crippen LogP contribution in [0.3, 0.4) is 0 Å². The largest absolute Gasteiger partial charge is 0.310 e. The molecule has 0 saturated carbocycles. The van der Waals surface area contributed by atoms with Gasteiger partial charge in [0.05, 0.1) is 0 Å². The van der Waals surface area contributed by atoms with Crippen LogP contribution < -0.4 is 5.32 Å². The van der Waals surface area contributed by atoms with Gasteiger partial charge >= 0.3 is 0 Å². The molecule has 2 heteroatoms. The van der Waals surface area contributed by atoms with Crippen molar-refractivity contribution in [2.75, 3.05) is 6.54 Å². The zero-order valence-electron chi connectivity index (χ0n) is 11.3. The van der Waals surface area contributed by atoms with E-state index >= 15 is 0 Å². The number of nitrogens with one attached hydrogen (secondary N) is 1. The monoisotopic (exact) mass is 232 g/mol. The maximum atomic E-state index is 4.54. The molecule has 1 unspecified atom stereocenters. The van der Waals surface area contributed by atoms with Gasteiger partial charge in [0, 0.05) is 17.4 Å². The molecule has 0 saturated heterocycles. The van der Waals surface area contributed by atoms with E-state index in [4.69, 9.17) is 0 Å². The summed E-state index contributed by atoms with van der Waals surface area (Å²) in [5, 5.41) is 3.59. The highest BCUT2D eigenvalue weighted by atomic mass is 14.9. The number of hydrogen-bond donors (Lipinski definition) is 1. The minimum absolute atomic E-state index is 0.404. The summed E-state index contributed by atoms with van der Waals surface area (Å²) in [6.45, 7) is 11.2. The third kappa shape index (κ3) is 4.31. The summed E-state index contributed by atoms with van der Waals surface area (Å²) >= 11 is 0. The molecular weight excluding hydrogens is 208 g/mol. The average Bonchev–Trinajstić information content (AvgIpc) is 2.30. The number of pyridine rings is 1. The van der Waals surface area contributed by atoms with Crippen LogP contribution in [0.15, 0.2) is 24.8 Å². The Bertz CT molecular complexity index is 358. The zero-order chi connectivity index (χ0) is 12.7. The zero-order valence-corrected chi connectivity index (χ0v) is 11.3. The van der Waals surface area contributed by atoms with Gasteiger partial charge in [-0.15, -0.1) is 6.58 Å². The van der Waals surface area contributed by atoms with Gasteiger partial charge in [0.1, 0.15) is 0 Å². The Morgan fingerprint density at radius 2 is 2.18 bits per heavy atom. The van der Waals surface area contributed by atoms with Crippen molar-refractivity contribution in [2.24, 2.45) is 0 Å². The van der Waals surface area contributed by atoms with Gasteiger partial charge in [0.2, 0.25) is 0 Å². The van der Waals surface area contributed by atoms with Crippen LogP contribution in [0.1, 0.15) is 49.2 Å². The Kier molecular flexibility index (Phi) is 5.92. The predicted molar refractivity (Wildman–Crippen MR) is 74.2 cm³/mol. The Labute approximate surface area is 105 Å². The highest BCUT2D eigenvalue weighted by Gasteiger charge is 2.12. The summed E-state index contributed by atoms with van der Waals surface area (Å²) in [6.07, 6.45) is 5.27. The predicted octanol–water partition coefficient (Wildman–Crippen LogP) is 3.71. The molecule has 0 spiro atoms. The lowest BCUT2D eigenvalue weighted by Gasteiger charge is -2.20. The van der Waals surface area contributed by atoms with Crippen LogP contribution in [-0.4, -0.2) is 11.5 Å². The van der Waals surface area contributed by atoms with Gasteiger partial charge in [-0.05, 0) is 51.3 Å². The lowest BCUT2D eigenvalue weighted by Crippen LogP contribution is -2.23. The molecule has 0 aromatic carbocycles. The molecule has 0 aliphatic rings. The maximum absolute atomic E-state index is 4.54. The Hall–Kier alpha value is -1.15. The van der Waals surface area contributed by atoms with E-state index in [0.29, 0.717) is 6.04 Å². The fourth-order valence-electron chi connectivity index (χ4n) is 2.04. The number of nitrogens with zero attached hydrogens (tertiary/aromatic N) is 1. The third-order valence-corrected chi connectivity index (χ3v) is 2.94. The fraction of sp³-hybridized carbons (Fsp3) is 0.533. The summed E-state index contributed by atoms with van der Waals surface area (Å²) < 4.78 is 0. The van der Waals surface area contributed by atoms with E-state index in [2.05, 4.69) is 42.9 Å². The van der Waals surface area contributed by atoms with Crippen LogP contribution in [0.25, 0.3) is 0 Å². The second-order valence-corrected chi connectivity index (χ2v) is 4.50. The average molecular weight is 232 g/mol. The van der Waals surface area contributed by atoms with Crippen molar-refractivity contribution in [3.63, 3.8) is 0 Å². The van der Waals surface area contributed by atoms with E-state index < -0.39 is 0 Å². The van der Waals surface area contributed by atoms with Crippen molar-refractivity contribution in [1.82, 2.24) is 10.3 Å². The smallest absolute Gasteiger partial charge is 0.0423 e. The van der Waals surface area contributed by atoms with Crippen molar-refractivity contribution in [3.05, 3.63) is 41.7 Å². The van der Waals surface area contributed by atoms with Crippen LogP contribution in [-0.2, 0) is 0 Å². The topological polar surface area (TPSA) is 24.9 Å². The first-order valence-corrected chi connectivity index (χ1v) is 6.47. The maximum Gasteiger partial charge on any atom is 0.0423 e. The van der Waals surface area contributed by atoms with Gasteiger partial charge in [0.15, 0.2) is 0 Å². The normalized spacial score (nSPS) is 12.4. The van der Waals surface area contributed by atoms with Crippen molar-refractivity contribution >= 4 is 0 Å². The van der Waals surface area contributed by atoms with E-state index in [1.54, 1.807) is 0 Å². The molecule has 1 aromatic heterocycles. The minimum atomic E-state index is 0.404. The van der Waals surface area contributed by atoms with E-state index in [1.165, 1.54) is 5.56 Å². The number of hydrogen-bond acceptors (Lipinski definition) is 2. The molecule has 1 aromatic rings. The van der Waals surface area contributed by atoms with Crippen LogP contribution in [0, 0.1) is 13.8 Å². The van der Waals surface area contributed by atoms with Gasteiger partial charge in [-0.25, -0.2) is 0 Å². The van der Waals surface area contributed by atoms with E-state index in [9.17, 15) is 0 Å². The molecule has 0 aliphatic heterocycles. The summed E-state index contributed by atoms with van der Waals surface area (Å²) in [4.78, 5) is 4.54. The van der Waals surface area contributed by atoms with Crippen molar-refractivity contribution in [1.29, 1.82) is 0 Å². The molecule has 0 aliphatic carbocycles. The minimum Gasteiger partial charge on any atom is -0.310 e. The summed E-state index contributed by atoms with van der Waals surface area (Å²) in [6, 6.07) is 4.70. The molecular formula is C15H24N2. The van der Waals surface area contributed by atoms with Gasteiger partial charge in [0.25, 0.3) is 0 Å². The van der Waals surface area contributed by atoms with Crippen LogP contribution >= 0.6 is 0 Å². The first-order chi connectivity index (χ1) is 8.19. The molecule has 1 atom stereocenters. The first kappa shape index (κ1) is 13.9. The molecule has 1 N–H and O–H groups in total. The molecule has 1 heterocycles. The second-order valence-electron chi connectivity index (χ2n) is 4.50. The highest BCUT2D eigenvalue weighted by Crippen LogP contribution is 2.21. The standard InChI is InChI=1S/C15H24N2/c1-5-7-8-15(16-11-6-2)14-10-9-12(3)17-13(14)4/h5,9-10,15-16H,1,6-8,11H2,2-4H3. The molecule has 1 rings (SSSR count). The highest BCUT2D eigenvalue weighted by molar-refractivity contribution is 5.25. The van der Waals surface area contributed by atoms with E-state index in [1.807, 2.05) is 13.0 Å². The van der Waals surface area contributed by atoms with Gasteiger partial charge in [-0.2, -0.15) is 0 Å². The lowest BCUT2D eigenvalue weighted by molar-refractivity contribution is 0.499. The molecule has 0 fully saturated rings. The second kappa shape index (κ2) is 7.23. The molecule has 2 nitrogen and oxygen atoms in total. The molecule has 0 radical (unpaired) electrons. The quantitative estimate of drug-likeness (QED) is 0.725. The molecule has 0 bridgehead atoms. The summed E-state index contributed by atoms with van der Waals surface area (Å²) in [5.74, 6) is 0. The Morgan fingerprint density at radius 1 is 1.41 bits per heavy atom. The lowest BCUT2D eigenvalue weighted by atomic mass is 10.00. The van der Waals surface area contributed by atoms with Gasteiger partial charge in [-0.1, -0.05) is 19.1 Å². The molecule has 17 heavy (non-hydrogen) atoms. The van der Waals surface area contributed by atoms with Crippen LogP contribution in [0.2, 0.25) is 0 Å². The van der Waals surface area contributed by atoms with Gasteiger partial charge < -0.3 is 5.32 Å². The number of rotatable bonds is 7. The third-order valence-electron chi connectivity index (χ3n) is 2.94. The molecule has 94 valence electrons. The Morgan fingerprint density at radius 3 is 2.76 bits per heavy atom. The first-order valence-electron chi connectivity index (χ1n) is 6.47. The Balaban J connectivity index is 2.82. The van der Waals surface area contributed by atoms with Crippen molar-refractivity contribution in [2.45, 2.75) is 46.1 Å². The summed E-state index contributed by atoms with van der Waals surface area (Å²) in [7, 11) is 0. The number of aryl methyl sites for hydroxylation is 2. The fourth-order valence-corrected chi connectivity index (χ4v) is 2.04. The number of aromatic nitrogens is 1. The van der Waals surface area contributed by atoms with Crippen molar-refractivity contribution < 1.29 is 0 Å².